The highest BCUT2D eigenvalue weighted by Crippen LogP contribution is 2.28. The van der Waals surface area contributed by atoms with Crippen LogP contribution in [0.5, 0.6) is 0 Å². The number of anilines is 1. The molecule has 1 heteroatoms. The summed E-state index contributed by atoms with van der Waals surface area (Å²) >= 11 is 0. The van der Waals surface area contributed by atoms with E-state index in [0.717, 1.165) is 0 Å². The summed E-state index contributed by atoms with van der Waals surface area (Å²) in [5, 5.41) is 3.68. The molecule has 2 rings (SSSR count). The fourth-order valence-corrected chi connectivity index (χ4v) is 3.01. The third-order valence-electron chi connectivity index (χ3n) is 3.93. The van der Waals surface area contributed by atoms with E-state index in [1.807, 2.05) is 0 Å². The maximum Gasteiger partial charge on any atom is 0.0488 e. The zero-order valence-electron chi connectivity index (χ0n) is 13.5. The summed E-state index contributed by atoms with van der Waals surface area (Å²) in [5.74, 6) is 0. The molecule has 106 valence electrons. The van der Waals surface area contributed by atoms with Gasteiger partial charge in [0.15, 0.2) is 0 Å². The molecule has 0 aliphatic heterocycles. The summed E-state index contributed by atoms with van der Waals surface area (Å²) in [6.45, 7) is 13.1. The van der Waals surface area contributed by atoms with Crippen molar-refractivity contribution in [2.75, 3.05) is 5.32 Å². The van der Waals surface area contributed by atoms with E-state index >= 15 is 0 Å². The molecule has 0 aliphatic rings. The van der Waals surface area contributed by atoms with Crippen LogP contribution in [0.3, 0.4) is 0 Å². The predicted octanol–water partition coefficient (Wildman–Crippen LogP) is 5.40. The molecular weight excluding hydrogens is 242 g/mol. The molecule has 0 spiro atoms. The van der Waals surface area contributed by atoms with Crippen molar-refractivity contribution in [1.82, 2.24) is 0 Å². The summed E-state index contributed by atoms with van der Waals surface area (Å²) in [5.41, 5.74) is 9.27. The van der Waals surface area contributed by atoms with Crippen LogP contribution in [0.15, 0.2) is 30.3 Å². The third kappa shape index (κ3) is 3.04. The molecule has 0 aromatic heterocycles. The van der Waals surface area contributed by atoms with Gasteiger partial charge >= 0.3 is 0 Å². The average Bonchev–Trinajstić information content (AvgIpc) is 2.33. The zero-order chi connectivity index (χ0) is 14.9. The van der Waals surface area contributed by atoms with E-state index < -0.39 is 0 Å². The van der Waals surface area contributed by atoms with Crippen LogP contribution in [-0.2, 0) is 0 Å². The smallest absolute Gasteiger partial charge is 0.0488 e. The lowest BCUT2D eigenvalue weighted by Gasteiger charge is -2.21. The van der Waals surface area contributed by atoms with Crippen LogP contribution in [0.25, 0.3) is 0 Å². The van der Waals surface area contributed by atoms with Gasteiger partial charge in [0.2, 0.25) is 0 Å². The zero-order valence-corrected chi connectivity index (χ0v) is 13.5. The molecular formula is C19H25N. The molecule has 1 N–H and O–H groups in total. The van der Waals surface area contributed by atoms with Gasteiger partial charge in [-0.1, -0.05) is 41.5 Å². The molecule has 2 aromatic carbocycles. The van der Waals surface area contributed by atoms with Gasteiger partial charge in [-0.2, -0.15) is 0 Å². The molecule has 0 fully saturated rings. The Balaban J connectivity index is 2.30. The van der Waals surface area contributed by atoms with Crippen LogP contribution in [-0.4, -0.2) is 0 Å². The first kappa shape index (κ1) is 14.6. The molecule has 0 aliphatic carbocycles. The maximum atomic E-state index is 3.68. The Hall–Kier alpha value is -1.76. The first-order valence-electron chi connectivity index (χ1n) is 7.30. The molecule has 0 heterocycles. The lowest BCUT2D eigenvalue weighted by Crippen LogP contribution is -2.10. The molecule has 20 heavy (non-hydrogen) atoms. The van der Waals surface area contributed by atoms with Crippen LogP contribution >= 0.6 is 0 Å². The highest BCUT2D eigenvalue weighted by molar-refractivity contribution is 5.59. The molecule has 0 saturated carbocycles. The molecule has 0 bridgehead atoms. The summed E-state index contributed by atoms with van der Waals surface area (Å²) < 4.78 is 0. The van der Waals surface area contributed by atoms with Crippen LogP contribution in [0.4, 0.5) is 5.69 Å². The Labute approximate surface area is 123 Å². The van der Waals surface area contributed by atoms with Crippen molar-refractivity contribution < 1.29 is 0 Å². The van der Waals surface area contributed by atoms with Gasteiger partial charge in [-0.15, -0.1) is 0 Å². The minimum absolute atomic E-state index is 0.315. The summed E-state index contributed by atoms with van der Waals surface area (Å²) in [4.78, 5) is 0. The monoisotopic (exact) mass is 267 g/mol. The van der Waals surface area contributed by atoms with E-state index in [0.29, 0.717) is 6.04 Å². The van der Waals surface area contributed by atoms with Crippen LogP contribution < -0.4 is 5.32 Å². The average molecular weight is 267 g/mol. The minimum Gasteiger partial charge on any atom is -0.378 e. The quantitative estimate of drug-likeness (QED) is 0.785. The lowest BCUT2D eigenvalue weighted by atomic mass is 9.98. The maximum absolute atomic E-state index is 3.68. The van der Waals surface area contributed by atoms with Crippen molar-refractivity contribution in [2.24, 2.45) is 0 Å². The predicted molar refractivity (Wildman–Crippen MR) is 88.6 cm³/mol. The Kier molecular flexibility index (Phi) is 4.17. The fraction of sp³-hybridized carbons (Fsp3) is 0.368. The highest BCUT2D eigenvalue weighted by atomic mass is 14.9. The second-order valence-electron chi connectivity index (χ2n) is 6.00. The number of rotatable bonds is 3. The van der Waals surface area contributed by atoms with Crippen molar-refractivity contribution >= 4 is 5.69 Å². The van der Waals surface area contributed by atoms with E-state index in [1.165, 1.54) is 39.1 Å². The van der Waals surface area contributed by atoms with Crippen LogP contribution in [0.2, 0.25) is 0 Å². The molecule has 0 amide bonds. The topological polar surface area (TPSA) is 12.0 Å². The molecule has 0 saturated heterocycles. The number of nitrogens with one attached hydrogen (secondary N) is 1. The molecule has 1 atom stereocenters. The van der Waals surface area contributed by atoms with Crippen molar-refractivity contribution in [2.45, 2.75) is 47.6 Å². The van der Waals surface area contributed by atoms with Gasteiger partial charge in [-0.25, -0.2) is 0 Å². The fourth-order valence-electron chi connectivity index (χ4n) is 3.01. The summed E-state index contributed by atoms with van der Waals surface area (Å²) in [6.07, 6.45) is 0. The number of hydrogen-bond acceptors (Lipinski definition) is 1. The Morgan fingerprint density at radius 2 is 1.30 bits per heavy atom. The van der Waals surface area contributed by atoms with Crippen molar-refractivity contribution in [1.29, 1.82) is 0 Å². The van der Waals surface area contributed by atoms with Crippen molar-refractivity contribution in [3.05, 3.63) is 63.7 Å². The molecule has 1 nitrogen and oxygen atoms in total. The number of aryl methyl sites for hydroxylation is 5. The highest BCUT2D eigenvalue weighted by Gasteiger charge is 2.11. The van der Waals surface area contributed by atoms with Gasteiger partial charge in [0.05, 0.1) is 0 Å². The van der Waals surface area contributed by atoms with Gasteiger partial charge in [0, 0.05) is 11.7 Å². The van der Waals surface area contributed by atoms with Gasteiger partial charge in [0.25, 0.3) is 0 Å². The molecule has 1 unspecified atom stereocenters. The van der Waals surface area contributed by atoms with Crippen molar-refractivity contribution in [3.63, 3.8) is 0 Å². The number of hydrogen-bond donors (Lipinski definition) is 1. The molecule has 2 aromatic rings. The van der Waals surface area contributed by atoms with E-state index in [4.69, 9.17) is 0 Å². The second-order valence-corrected chi connectivity index (χ2v) is 6.00. The van der Waals surface area contributed by atoms with E-state index in [-0.39, 0.29) is 0 Å². The molecule has 0 radical (unpaired) electrons. The van der Waals surface area contributed by atoms with Crippen LogP contribution in [0, 0.1) is 34.6 Å². The summed E-state index contributed by atoms with van der Waals surface area (Å²) in [6, 6.07) is 11.5. The third-order valence-corrected chi connectivity index (χ3v) is 3.93. The minimum atomic E-state index is 0.315. The SMILES string of the molecule is Cc1ccc(C(C)Nc2c(C)cc(C)cc2C)c(C)c1. The Morgan fingerprint density at radius 1 is 0.750 bits per heavy atom. The normalized spacial score (nSPS) is 12.3. The number of benzene rings is 2. The summed E-state index contributed by atoms with van der Waals surface area (Å²) in [7, 11) is 0. The Bertz CT molecular complexity index is 603. The second kappa shape index (κ2) is 5.70. The van der Waals surface area contributed by atoms with Gasteiger partial charge in [-0.3, -0.25) is 0 Å². The van der Waals surface area contributed by atoms with Crippen molar-refractivity contribution in [3.8, 4) is 0 Å². The van der Waals surface area contributed by atoms with Crippen LogP contribution in [0.1, 0.15) is 46.3 Å². The first-order valence-corrected chi connectivity index (χ1v) is 7.30. The Morgan fingerprint density at radius 3 is 1.85 bits per heavy atom. The largest absolute Gasteiger partial charge is 0.378 e. The van der Waals surface area contributed by atoms with E-state index in [1.54, 1.807) is 0 Å². The van der Waals surface area contributed by atoms with Gasteiger partial charge in [0.1, 0.15) is 0 Å². The van der Waals surface area contributed by atoms with E-state index in [2.05, 4.69) is 77.2 Å². The standard InChI is InChI=1S/C19H25N/c1-12-7-8-18(14(3)9-12)17(6)20-19-15(4)10-13(2)11-16(19)5/h7-11,17,20H,1-6H3. The van der Waals surface area contributed by atoms with Gasteiger partial charge in [-0.05, 0) is 63.8 Å². The van der Waals surface area contributed by atoms with Gasteiger partial charge < -0.3 is 5.32 Å². The van der Waals surface area contributed by atoms with E-state index in [9.17, 15) is 0 Å². The lowest BCUT2D eigenvalue weighted by molar-refractivity contribution is 0.868. The first-order chi connectivity index (χ1) is 9.38.